The number of hydrogen-bond donors (Lipinski definition) is 1. The summed E-state index contributed by atoms with van der Waals surface area (Å²) in [5, 5.41) is 2.06. The van der Waals surface area contributed by atoms with Gasteiger partial charge in [0.1, 0.15) is 5.82 Å². The van der Waals surface area contributed by atoms with Crippen LogP contribution in [0.15, 0.2) is 16.9 Å². The predicted molar refractivity (Wildman–Crippen MR) is 96.0 cm³/mol. The molecule has 0 spiro atoms. The Balaban J connectivity index is 0.00000151. The number of imide groups is 1. The summed E-state index contributed by atoms with van der Waals surface area (Å²) in [4.78, 5) is 34.2. The van der Waals surface area contributed by atoms with Crippen LogP contribution >= 0.6 is 0 Å². The molecule has 2 rings (SSSR count). The fourth-order valence-corrected chi connectivity index (χ4v) is 2.87. The van der Waals surface area contributed by atoms with E-state index in [0.717, 1.165) is 5.56 Å². The number of aromatic nitrogens is 2. The molecule has 1 atom stereocenters. The van der Waals surface area contributed by atoms with E-state index in [2.05, 4.69) is 5.32 Å². The molecule has 1 N–H and O–H groups in total. The Bertz CT molecular complexity index is 808. The van der Waals surface area contributed by atoms with Crippen molar-refractivity contribution in [3.8, 4) is 0 Å². The van der Waals surface area contributed by atoms with E-state index in [0.29, 0.717) is 30.3 Å². The lowest BCUT2D eigenvalue weighted by Crippen LogP contribution is -2.27. The van der Waals surface area contributed by atoms with Crippen LogP contribution in [0.25, 0.3) is 11.0 Å². The Kier molecular flexibility index (Phi) is 7.54. The molecule has 1 heterocycles. The minimum atomic E-state index is -0.402. The van der Waals surface area contributed by atoms with E-state index in [-0.39, 0.29) is 24.0 Å². The molecule has 0 radical (unpaired) electrons. The van der Waals surface area contributed by atoms with E-state index in [9.17, 15) is 18.8 Å². The number of halogens is 1. The van der Waals surface area contributed by atoms with E-state index in [1.165, 1.54) is 21.3 Å². The van der Waals surface area contributed by atoms with Crippen LogP contribution in [0, 0.1) is 5.82 Å². The smallest absolute Gasteiger partial charge is 0.299 e. The minimum Gasteiger partial charge on any atom is -0.299 e. The maximum atomic E-state index is 13.9. The number of imidazole rings is 1. The molecule has 0 bridgehead atoms. The van der Waals surface area contributed by atoms with Crippen molar-refractivity contribution in [3.63, 3.8) is 0 Å². The van der Waals surface area contributed by atoms with Gasteiger partial charge in [-0.25, -0.2) is 9.18 Å². The van der Waals surface area contributed by atoms with Crippen molar-refractivity contribution in [2.24, 2.45) is 7.05 Å². The van der Waals surface area contributed by atoms with Crippen LogP contribution in [-0.4, -0.2) is 21.5 Å². The number of amides is 2. The molecule has 0 fully saturated rings. The van der Waals surface area contributed by atoms with Gasteiger partial charge < -0.3 is 0 Å². The van der Waals surface area contributed by atoms with Crippen LogP contribution in [0.5, 0.6) is 0 Å². The Labute approximate surface area is 146 Å². The van der Waals surface area contributed by atoms with E-state index < -0.39 is 5.91 Å². The van der Waals surface area contributed by atoms with E-state index in [4.69, 9.17) is 0 Å². The number of nitrogens with one attached hydrogen (secondary N) is 1. The fourth-order valence-electron chi connectivity index (χ4n) is 2.87. The quantitative estimate of drug-likeness (QED) is 0.813. The standard InChI is InChI=1S/C16H20FN3O3.C2H6/c1-4-11-7-12(17)8-13-15(11)19(3)16(23)20(13)10(2)5-6-14(22)18-9-21;1-2/h7-10H,4-6H2,1-3H3,(H,18,21,22);1-2H3. The number of carbonyl (C=O) groups excluding carboxylic acids is 2. The fraction of sp³-hybridized carbons (Fsp3) is 0.500. The molecule has 1 unspecified atom stereocenters. The van der Waals surface area contributed by atoms with Gasteiger partial charge in [0.25, 0.3) is 0 Å². The highest BCUT2D eigenvalue weighted by atomic mass is 19.1. The maximum absolute atomic E-state index is 13.9. The molecule has 7 heteroatoms. The van der Waals surface area contributed by atoms with Crippen molar-refractivity contribution < 1.29 is 14.0 Å². The van der Waals surface area contributed by atoms with E-state index >= 15 is 0 Å². The Morgan fingerprint density at radius 2 is 2.00 bits per heavy atom. The van der Waals surface area contributed by atoms with Crippen molar-refractivity contribution in [2.75, 3.05) is 0 Å². The predicted octanol–water partition coefficient (Wildman–Crippen LogP) is 2.68. The molecular formula is C18H26FN3O3. The summed E-state index contributed by atoms with van der Waals surface area (Å²) in [5.74, 6) is -0.792. The van der Waals surface area contributed by atoms with Gasteiger partial charge >= 0.3 is 5.69 Å². The lowest BCUT2D eigenvalue weighted by Gasteiger charge is -2.13. The average molecular weight is 351 g/mol. The molecule has 2 amide bonds. The number of nitrogens with zero attached hydrogens (tertiary/aromatic N) is 2. The molecule has 1 aromatic carbocycles. The van der Waals surface area contributed by atoms with Gasteiger partial charge in [0.05, 0.1) is 11.0 Å². The molecule has 2 aromatic rings. The van der Waals surface area contributed by atoms with Crippen LogP contribution in [0.1, 0.15) is 52.1 Å². The zero-order valence-corrected chi connectivity index (χ0v) is 15.4. The van der Waals surface area contributed by atoms with Crippen LogP contribution in [0.4, 0.5) is 4.39 Å². The van der Waals surface area contributed by atoms with Gasteiger partial charge in [-0.2, -0.15) is 0 Å². The second kappa shape index (κ2) is 9.15. The molecule has 0 aliphatic rings. The molecule has 25 heavy (non-hydrogen) atoms. The zero-order valence-electron chi connectivity index (χ0n) is 15.4. The monoisotopic (exact) mass is 351 g/mol. The largest absolute Gasteiger partial charge is 0.329 e. The summed E-state index contributed by atoms with van der Waals surface area (Å²) >= 11 is 0. The SMILES string of the molecule is CC.CCc1cc(F)cc2c1n(C)c(=O)n2C(C)CCC(=O)NC=O. The van der Waals surface area contributed by atoms with Crippen LogP contribution in [-0.2, 0) is 23.1 Å². The number of hydrogen-bond acceptors (Lipinski definition) is 3. The normalized spacial score (nSPS) is 11.6. The summed E-state index contributed by atoms with van der Waals surface area (Å²) in [7, 11) is 1.66. The van der Waals surface area contributed by atoms with Gasteiger partial charge in [0.2, 0.25) is 12.3 Å². The number of fused-ring (bicyclic) bond motifs is 1. The Morgan fingerprint density at radius 1 is 1.36 bits per heavy atom. The van der Waals surface area contributed by atoms with E-state index in [1.54, 1.807) is 14.0 Å². The lowest BCUT2D eigenvalue weighted by atomic mass is 10.1. The minimum absolute atomic E-state index is 0.110. The summed E-state index contributed by atoms with van der Waals surface area (Å²) in [6.45, 7) is 7.70. The third-order valence-corrected chi connectivity index (χ3v) is 4.05. The second-order valence-corrected chi connectivity index (χ2v) is 5.57. The summed E-state index contributed by atoms with van der Waals surface area (Å²) in [6.07, 6.45) is 1.43. The van der Waals surface area contributed by atoms with Crippen molar-refractivity contribution in [1.82, 2.24) is 14.5 Å². The van der Waals surface area contributed by atoms with Crippen LogP contribution in [0.2, 0.25) is 0 Å². The van der Waals surface area contributed by atoms with Crippen molar-refractivity contribution in [1.29, 1.82) is 0 Å². The van der Waals surface area contributed by atoms with Crippen molar-refractivity contribution in [2.45, 2.75) is 53.0 Å². The van der Waals surface area contributed by atoms with Gasteiger partial charge in [-0.05, 0) is 37.5 Å². The van der Waals surface area contributed by atoms with E-state index in [1.807, 2.05) is 20.8 Å². The van der Waals surface area contributed by atoms with Crippen LogP contribution < -0.4 is 11.0 Å². The highest BCUT2D eigenvalue weighted by Crippen LogP contribution is 2.24. The maximum Gasteiger partial charge on any atom is 0.329 e. The zero-order chi connectivity index (χ0) is 19.1. The molecule has 1 aromatic heterocycles. The van der Waals surface area contributed by atoms with Crippen molar-refractivity contribution in [3.05, 3.63) is 34.0 Å². The third-order valence-electron chi connectivity index (χ3n) is 4.05. The molecule has 0 aliphatic carbocycles. The van der Waals surface area contributed by atoms with Crippen LogP contribution in [0.3, 0.4) is 0 Å². The number of rotatable bonds is 6. The first-order chi connectivity index (χ1) is 11.9. The Hall–Kier alpha value is -2.44. The molecule has 6 nitrogen and oxygen atoms in total. The third kappa shape index (κ3) is 4.35. The van der Waals surface area contributed by atoms with Crippen molar-refractivity contribution >= 4 is 23.4 Å². The first kappa shape index (κ1) is 20.6. The number of aryl methyl sites for hydroxylation is 2. The molecule has 0 saturated heterocycles. The second-order valence-electron chi connectivity index (χ2n) is 5.57. The highest BCUT2D eigenvalue weighted by Gasteiger charge is 2.19. The summed E-state index contributed by atoms with van der Waals surface area (Å²) in [6, 6.07) is 2.49. The molecule has 138 valence electrons. The van der Waals surface area contributed by atoms with Gasteiger partial charge in [-0.3, -0.25) is 24.0 Å². The topological polar surface area (TPSA) is 73.1 Å². The summed E-state index contributed by atoms with van der Waals surface area (Å²) in [5.41, 5.74) is 1.76. The lowest BCUT2D eigenvalue weighted by molar-refractivity contribution is -0.125. The first-order valence-electron chi connectivity index (χ1n) is 8.53. The highest BCUT2D eigenvalue weighted by molar-refractivity contribution is 5.85. The van der Waals surface area contributed by atoms with Gasteiger partial charge in [-0.1, -0.05) is 20.8 Å². The number of benzene rings is 1. The average Bonchev–Trinajstić information content (AvgIpc) is 2.85. The number of carbonyl (C=O) groups is 2. The van der Waals surface area contributed by atoms with Gasteiger partial charge in [0.15, 0.2) is 0 Å². The Morgan fingerprint density at radius 3 is 2.56 bits per heavy atom. The van der Waals surface area contributed by atoms with Gasteiger partial charge in [0, 0.05) is 19.5 Å². The first-order valence-corrected chi connectivity index (χ1v) is 8.53. The summed E-state index contributed by atoms with van der Waals surface area (Å²) < 4.78 is 16.9. The molecule has 0 aliphatic heterocycles. The molecule has 0 saturated carbocycles. The molecular weight excluding hydrogens is 325 g/mol. The van der Waals surface area contributed by atoms with Gasteiger partial charge in [-0.15, -0.1) is 0 Å².